The van der Waals surface area contributed by atoms with Gasteiger partial charge in [0, 0.05) is 12.8 Å². The van der Waals surface area contributed by atoms with E-state index in [0.717, 1.165) is 19.3 Å². The van der Waals surface area contributed by atoms with Gasteiger partial charge in [-0.15, -0.1) is 0 Å². The number of cyclic esters (lactones) is 1. The molecule has 0 saturated carbocycles. The zero-order valence-electron chi connectivity index (χ0n) is 9.32. The van der Waals surface area contributed by atoms with Crippen LogP contribution >= 0.6 is 0 Å². The lowest BCUT2D eigenvalue weighted by Crippen LogP contribution is -2.19. The van der Waals surface area contributed by atoms with Gasteiger partial charge in [-0.2, -0.15) is 0 Å². The fourth-order valence-corrected chi connectivity index (χ4v) is 1.73. The van der Waals surface area contributed by atoms with E-state index in [1.165, 1.54) is 0 Å². The van der Waals surface area contributed by atoms with E-state index in [2.05, 4.69) is 6.92 Å². The van der Waals surface area contributed by atoms with Crippen LogP contribution in [0.4, 0.5) is 0 Å². The molecule has 1 N–H and O–H groups in total. The lowest BCUT2D eigenvalue weighted by Gasteiger charge is -2.17. The van der Waals surface area contributed by atoms with E-state index in [-0.39, 0.29) is 12.1 Å². The summed E-state index contributed by atoms with van der Waals surface area (Å²) in [6.07, 6.45) is 7.70. The topological polar surface area (TPSA) is 46.5 Å². The number of aliphatic hydroxyl groups is 1. The summed E-state index contributed by atoms with van der Waals surface area (Å²) in [5, 5.41) is 9.49. The molecule has 1 aliphatic rings. The maximum Gasteiger partial charge on any atom is 0.306 e. The molecule has 0 aromatic rings. The number of carbonyl (C=O) groups excluding carboxylic acids is 1. The molecule has 2 atom stereocenters. The molecule has 0 amide bonds. The van der Waals surface area contributed by atoms with Crippen LogP contribution in [-0.4, -0.2) is 23.3 Å². The summed E-state index contributed by atoms with van der Waals surface area (Å²) < 4.78 is 5.33. The van der Waals surface area contributed by atoms with Gasteiger partial charge >= 0.3 is 5.97 Å². The first kappa shape index (κ1) is 12.2. The van der Waals surface area contributed by atoms with Crippen LogP contribution < -0.4 is 0 Å². The molecule has 15 heavy (non-hydrogen) atoms. The van der Waals surface area contributed by atoms with Crippen LogP contribution in [0, 0.1) is 0 Å². The van der Waals surface area contributed by atoms with Crippen molar-refractivity contribution in [3.05, 3.63) is 12.2 Å². The Labute approximate surface area is 91.1 Å². The zero-order chi connectivity index (χ0) is 11.1. The summed E-state index contributed by atoms with van der Waals surface area (Å²) in [4.78, 5) is 11.4. The number of rotatable bonds is 2. The highest BCUT2D eigenvalue weighted by atomic mass is 16.5. The molecule has 1 aliphatic heterocycles. The van der Waals surface area contributed by atoms with Gasteiger partial charge in [0.2, 0.25) is 0 Å². The number of hydrogen-bond donors (Lipinski definition) is 1. The summed E-state index contributed by atoms with van der Waals surface area (Å²) in [6.45, 7) is 2.07. The Morgan fingerprint density at radius 1 is 1.60 bits per heavy atom. The smallest absolute Gasteiger partial charge is 0.306 e. The number of ether oxygens (including phenoxy) is 1. The summed E-state index contributed by atoms with van der Waals surface area (Å²) >= 11 is 0. The third-order valence-corrected chi connectivity index (χ3v) is 2.55. The van der Waals surface area contributed by atoms with E-state index in [9.17, 15) is 9.90 Å². The van der Waals surface area contributed by atoms with Crippen molar-refractivity contribution < 1.29 is 14.6 Å². The Kier molecular flexibility index (Phi) is 5.40. The highest BCUT2D eigenvalue weighted by Crippen LogP contribution is 2.13. The molecule has 0 aliphatic carbocycles. The van der Waals surface area contributed by atoms with Crippen LogP contribution in [-0.2, 0) is 9.53 Å². The molecule has 3 heteroatoms. The van der Waals surface area contributed by atoms with Crippen molar-refractivity contribution in [2.24, 2.45) is 0 Å². The number of hydrogen-bond acceptors (Lipinski definition) is 3. The number of esters is 1. The Morgan fingerprint density at radius 3 is 3.13 bits per heavy atom. The fourth-order valence-electron chi connectivity index (χ4n) is 1.73. The molecule has 0 aromatic heterocycles. The lowest BCUT2D eigenvalue weighted by molar-refractivity contribution is -0.149. The van der Waals surface area contributed by atoms with E-state index in [0.29, 0.717) is 19.3 Å². The minimum atomic E-state index is -0.404. The second kappa shape index (κ2) is 6.62. The molecule has 0 bridgehead atoms. The van der Waals surface area contributed by atoms with Gasteiger partial charge in [-0.1, -0.05) is 25.5 Å². The Bertz CT molecular complexity index is 223. The summed E-state index contributed by atoms with van der Waals surface area (Å²) in [6, 6.07) is 0. The first-order valence-corrected chi connectivity index (χ1v) is 5.76. The quantitative estimate of drug-likeness (QED) is 0.563. The summed E-state index contributed by atoms with van der Waals surface area (Å²) in [5.41, 5.74) is 0. The third kappa shape index (κ3) is 4.98. The average Bonchev–Trinajstić information content (AvgIpc) is 2.17. The van der Waals surface area contributed by atoms with Crippen molar-refractivity contribution in [2.75, 3.05) is 0 Å². The van der Waals surface area contributed by atoms with Crippen molar-refractivity contribution >= 4 is 5.97 Å². The molecular weight excluding hydrogens is 192 g/mol. The second-order valence-electron chi connectivity index (χ2n) is 4.02. The predicted octanol–water partition coefficient (Wildman–Crippen LogP) is 2.19. The van der Waals surface area contributed by atoms with Crippen LogP contribution in [0.5, 0.6) is 0 Å². The van der Waals surface area contributed by atoms with Crippen molar-refractivity contribution in [1.29, 1.82) is 0 Å². The van der Waals surface area contributed by atoms with E-state index in [1.54, 1.807) is 0 Å². The molecule has 0 radical (unpaired) electrons. The lowest BCUT2D eigenvalue weighted by atomic mass is 10.1. The Balaban J connectivity index is 2.53. The van der Waals surface area contributed by atoms with E-state index >= 15 is 0 Å². The van der Waals surface area contributed by atoms with Gasteiger partial charge in [0.1, 0.15) is 6.10 Å². The van der Waals surface area contributed by atoms with Crippen LogP contribution in [0.25, 0.3) is 0 Å². The van der Waals surface area contributed by atoms with Crippen LogP contribution in [0.3, 0.4) is 0 Å². The van der Waals surface area contributed by atoms with Gasteiger partial charge in [-0.05, 0) is 19.3 Å². The van der Waals surface area contributed by atoms with Crippen LogP contribution in [0.1, 0.15) is 45.4 Å². The van der Waals surface area contributed by atoms with Gasteiger partial charge in [0.25, 0.3) is 0 Å². The van der Waals surface area contributed by atoms with Gasteiger partial charge in [-0.3, -0.25) is 4.79 Å². The van der Waals surface area contributed by atoms with Crippen LogP contribution in [0.2, 0.25) is 0 Å². The fraction of sp³-hybridized carbons (Fsp3) is 0.750. The molecule has 0 fully saturated rings. The largest absolute Gasteiger partial charge is 0.462 e. The van der Waals surface area contributed by atoms with Crippen molar-refractivity contribution in [3.63, 3.8) is 0 Å². The van der Waals surface area contributed by atoms with Gasteiger partial charge in [0.05, 0.1) is 6.10 Å². The average molecular weight is 212 g/mol. The monoisotopic (exact) mass is 212 g/mol. The Hall–Kier alpha value is -0.830. The molecule has 0 saturated heterocycles. The number of aliphatic hydroxyl groups excluding tert-OH is 1. The summed E-state index contributed by atoms with van der Waals surface area (Å²) in [7, 11) is 0. The second-order valence-corrected chi connectivity index (χ2v) is 4.02. The molecule has 86 valence electrons. The molecule has 1 rings (SSSR count). The first-order chi connectivity index (χ1) is 7.22. The molecule has 0 aromatic carbocycles. The minimum Gasteiger partial charge on any atom is -0.462 e. The molecule has 3 nitrogen and oxygen atoms in total. The maximum absolute atomic E-state index is 11.4. The number of carbonyl (C=O) groups is 1. The Morgan fingerprint density at radius 2 is 2.40 bits per heavy atom. The predicted molar refractivity (Wildman–Crippen MR) is 58.4 cm³/mol. The first-order valence-electron chi connectivity index (χ1n) is 5.76. The summed E-state index contributed by atoms with van der Waals surface area (Å²) in [5.74, 6) is -0.129. The standard InChI is InChI=1S/C12H20O3/c1-2-5-11-8-3-6-10(13)7-4-9-12(14)15-11/h3,6,10-11,13H,2,4-5,7-9H2,1H3/b6-3+/t10-,11+/m1/s1. The van der Waals surface area contributed by atoms with E-state index in [4.69, 9.17) is 4.74 Å². The van der Waals surface area contributed by atoms with Crippen molar-refractivity contribution in [1.82, 2.24) is 0 Å². The molecular formula is C12H20O3. The minimum absolute atomic E-state index is 0.0101. The molecule has 1 heterocycles. The van der Waals surface area contributed by atoms with Gasteiger partial charge < -0.3 is 9.84 Å². The SMILES string of the molecule is CCC[C@H]1C/C=C/[C@@H](O)CCCC(=O)O1. The highest BCUT2D eigenvalue weighted by molar-refractivity contribution is 5.69. The normalized spacial score (nSPS) is 30.7. The maximum atomic E-state index is 11.4. The van der Waals surface area contributed by atoms with E-state index in [1.807, 2.05) is 12.2 Å². The molecule has 0 unspecified atom stereocenters. The third-order valence-electron chi connectivity index (χ3n) is 2.55. The van der Waals surface area contributed by atoms with E-state index < -0.39 is 6.10 Å². The zero-order valence-corrected chi connectivity index (χ0v) is 9.32. The van der Waals surface area contributed by atoms with Crippen molar-refractivity contribution in [2.45, 2.75) is 57.7 Å². The van der Waals surface area contributed by atoms with Crippen molar-refractivity contribution in [3.8, 4) is 0 Å². The molecule has 0 spiro atoms. The van der Waals surface area contributed by atoms with Crippen LogP contribution in [0.15, 0.2) is 12.2 Å². The van der Waals surface area contributed by atoms with Gasteiger partial charge in [0.15, 0.2) is 0 Å². The highest BCUT2D eigenvalue weighted by Gasteiger charge is 2.14. The van der Waals surface area contributed by atoms with Gasteiger partial charge in [-0.25, -0.2) is 0 Å².